The molecule has 15 heavy (non-hydrogen) atoms. The molecule has 0 aliphatic heterocycles. The Morgan fingerprint density at radius 1 is 1.40 bits per heavy atom. The third kappa shape index (κ3) is 2.55. The highest BCUT2D eigenvalue weighted by atomic mass is 79.9. The Labute approximate surface area is 106 Å². The van der Waals surface area contributed by atoms with E-state index in [0.29, 0.717) is 4.83 Å². The van der Waals surface area contributed by atoms with Gasteiger partial charge in [0.05, 0.1) is 0 Å². The fourth-order valence-electron chi connectivity index (χ4n) is 1.66. The zero-order valence-electron chi connectivity index (χ0n) is 8.32. The van der Waals surface area contributed by atoms with Crippen LogP contribution in [0.25, 0.3) is 0 Å². The van der Waals surface area contributed by atoms with Crippen molar-refractivity contribution < 1.29 is 9.47 Å². The summed E-state index contributed by atoms with van der Waals surface area (Å²) in [6.07, 6.45) is 1.31. The van der Waals surface area contributed by atoms with Crippen LogP contribution in [0.3, 0.4) is 0 Å². The molecule has 0 amide bonds. The minimum atomic E-state index is 0.156. The van der Waals surface area contributed by atoms with E-state index < -0.39 is 0 Å². The molecule has 2 rings (SSSR count). The molecule has 3 unspecified atom stereocenters. The largest absolute Gasteiger partial charge is 0.488 e. The second-order valence-corrected chi connectivity index (χ2v) is 5.66. The van der Waals surface area contributed by atoms with Gasteiger partial charge in [-0.15, -0.1) is 0 Å². The Morgan fingerprint density at radius 3 is 2.80 bits per heavy atom. The third-order valence-corrected chi connectivity index (χ3v) is 3.92. The molecule has 0 heterocycles. The van der Waals surface area contributed by atoms with Crippen LogP contribution in [0, 0.1) is 0 Å². The predicted molar refractivity (Wildman–Crippen MR) is 66.7 cm³/mol. The van der Waals surface area contributed by atoms with Crippen LogP contribution in [0.15, 0.2) is 28.7 Å². The number of hydrogen-bond acceptors (Lipinski definition) is 2. The number of ether oxygens (including phenoxy) is 2. The van der Waals surface area contributed by atoms with Gasteiger partial charge in [-0.3, -0.25) is 0 Å². The van der Waals surface area contributed by atoms with E-state index >= 15 is 0 Å². The van der Waals surface area contributed by atoms with Crippen molar-refractivity contribution in [3.63, 3.8) is 0 Å². The van der Waals surface area contributed by atoms with Gasteiger partial charge in [0.2, 0.25) is 0 Å². The lowest BCUT2D eigenvalue weighted by Gasteiger charge is -2.40. The van der Waals surface area contributed by atoms with Gasteiger partial charge in [-0.2, -0.15) is 0 Å². The molecule has 1 aromatic rings. The van der Waals surface area contributed by atoms with E-state index in [1.165, 1.54) is 0 Å². The first-order valence-electron chi connectivity index (χ1n) is 4.80. The third-order valence-electron chi connectivity index (χ3n) is 2.54. The summed E-state index contributed by atoms with van der Waals surface area (Å²) in [6, 6.07) is 7.87. The molecule has 0 radical (unpaired) electrons. The van der Waals surface area contributed by atoms with Crippen molar-refractivity contribution in [2.24, 2.45) is 0 Å². The van der Waals surface area contributed by atoms with Crippen LogP contribution in [0.4, 0.5) is 0 Å². The summed E-state index contributed by atoms with van der Waals surface area (Å²) < 4.78 is 12.2. The van der Waals surface area contributed by atoms with Gasteiger partial charge in [0.1, 0.15) is 18.0 Å². The van der Waals surface area contributed by atoms with Gasteiger partial charge < -0.3 is 9.47 Å². The maximum Gasteiger partial charge on any atom is 0.127 e. The summed E-state index contributed by atoms with van der Waals surface area (Å²) >= 11 is 6.96. The zero-order chi connectivity index (χ0) is 10.8. The van der Waals surface area contributed by atoms with Gasteiger partial charge in [-0.25, -0.2) is 0 Å². The van der Waals surface area contributed by atoms with Crippen LogP contribution in [-0.2, 0) is 4.74 Å². The molecule has 1 fully saturated rings. The SMILES string of the molecule is COC1C(Br)CC1Oc1cccc(Br)c1. The molecule has 2 nitrogen and oxygen atoms in total. The predicted octanol–water partition coefficient (Wildman–Crippen LogP) is 3.38. The Kier molecular flexibility index (Phi) is 3.69. The lowest BCUT2D eigenvalue weighted by molar-refractivity contribution is -0.0545. The van der Waals surface area contributed by atoms with E-state index in [1.807, 2.05) is 24.3 Å². The molecule has 0 bridgehead atoms. The van der Waals surface area contributed by atoms with E-state index in [1.54, 1.807) is 7.11 Å². The molecule has 0 aromatic heterocycles. The maximum absolute atomic E-state index is 5.82. The van der Waals surface area contributed by atoms with Crippen molar-refractivity contribution in [1.29, 1.82) is 0 Å². The first kappa shape index (κ1) is 11.4. The van der Waals surface area contributed by atoms with Gasteiger partial charge in [0.15, 0.2) is 0 Å². The van der Waals surface area contributed by atoms with Crippen LogP contribution in [0.1, 0.15) is 6.42 Å². The number of hydrogen-bond donors (Lipinski definition) is 0. The molecule has 4 heteroatoms. The van der Waals surface area contributed by atoms with Gasteiger partial charge in [0, 0.05) is 22.8 Å². The van der Waals surface area contributed by atoms with Crippen molar-refractivity contribution in [2.75, 3.05) is 7.11 Å². The lowest BCUT2D eigenvalue weighted by atomic mass is 9.91. The standard InChI is InChI=1S/C11H12Br2O2/c1-14-11-9(13)6-10(11)15-8-4-2-3-7(12)5-8/h2-5,9-11H,6H2,1H3. The molecule has 1 saturated carbocycles. The van der Waals surface area contributed by atoms with Gasteiger partial charge in [-0.05, 0) is 18.2 Å². The van der Waals surface area contributed by atoms with Crippen molar-refractivity contribution in [3.8, 4) is 5.75 Å². The second-order valence-electron chi connectivity index (χ2n) is 3.57. The first-order chi connectivity index (χ1) is 7.20. The lowest BCUT2D eigenvalue weighted by Crippen LogP contribution is -2.51. The summed E-state index contributed by atoms with van der Waals surface area (Å²) in [4.78, 5) is 0.416. The summed E-state index contributed by atoms with van der Waals surface area (Å²) in [5.41, 5.74) is 0. The zero-order valence-corrected chi connectivity index (χ0v) is 11.5. The van der Waals surface area contributed by atoms with Crippen LogP contribution in [0.5, 0.6) is 5.75 Å². The topological polar surface area (TPSA) is 18.5 Å². The van der Waals surface area contributed by atoms with Crippen LogP contribution in [0.2, 0.25) is 0 Å². The van der Waals surface area contributed by atoms with E-state index in [9.17, 15) is 0 Å². The maximum atomic E-state index is 5.82. The van der Waals surface area contributed by atoms with Crippen molar-refractivity contribution in [3.05, 3.63) is 28.7 Å². The summed E-state index contributed by atoms with van der Waals surface area (Å²) in [7, 11) is 1.72. The highest BCUT2D eigenvalue weighted by Crippen LogP contribution is 2.34. The normalized spacial score (nSPS) is 29.7. The number of benzene rings is 1. The highest BCUT2D eigenvalue weighted by molar-refractivity contribution is 9.10. The van der Waals surface area contributed by atoms with Crippen LogP contribution in [-0.4, -0.2) is 24.1 Å². The molecule has 0 spiro atoms. The van der Waals surface area contributed by atoms with Crippen LogP contribution >= 0.6 is 31.9 Å². The van der Waals surface area contributed by atoms with Crippen molar-refractivity contribution in [2.45, 2.75) is 23.5 Å². The first-order valence-corrected chi connectivity index (χ1v) is 6.50. The quantitative estimate of drug-likeness (QED) is 0.788. The summed E-state index contributed by atoms with van der Waals surface area (Å²) in [5.74, 6) is 0.885. The van der Waals surface area contributed by atoms with E-state index in [-0.39, 0.29) is 12.2 Å². The van der Waals surface area contributed by atoms with E-state index in [2.05, 4.69) is 31.9 Å². The van der Waals surface area contributed by atoms with Crippen molar-refractivity contribution in [1.82, 2.24) is 0 Å². The Hall–Kier alpha value is -0.0600. The number of rotatable bonds is 3. The van der Waals surface area contributed by atoms with Gasteiger partial charge in [-0.1, -0.05) is 37.9 Å². The number of halogens is 2. The molecule has 1 aliphatic carbocycles. The Bertz CT molecular complexity index is 343. The Morgan fingerprint density at radius 2 is 2.20 bits per heavy atom. The monoisotopic (exact) mass is 334 g/mol. The fourth-order valence-corrected chi connectivity index (χ4v) is 2.96. The molecule has 1 aromatic carbocycles. The van der Waals surface area contributed by atoms with Gasteiger partial charge in [0.25, 0.3) is 0 Å². The van der Waals surface area contributed by atoms with E-state index in [4.69, 9.17) is 9.47 Å². The molecule has 3 atom stereocenters. The Balaban J connectivity index is 1.98. The van der Waals surface area contributed by atoms with E-state index in [0.717, 1.165) is 16.6 Å². The van der Waals surface area contributed by atoms with Crippen LogP contribution < -0.4 is 4.74 Å². The minimum Gasteiger partial charge on any atom is -0.488 e. The van der Waals surface area contributed by atoms with Crippen molar-refractivity contribution >= 4 is 31.9 Å². The fraction of sp³-hybridized carbons (Fsp3) is 0.455. The summed E-state index contributed by atoms with van der Waals surface area (Å²) in [5, 5.41) is 0. The molecule has 82 valence electrons. The number of alkyl halides is 1. The molecule has 1 aliphatic rings. The smallest absolute Gasteiger partial charge is 0.127 e. The summed E-state index contributed by atoms with van der Waals surface area (Å²) in [6.45, 7) is 0. The molecule has 0 N–H and O–H groups in total. The highest BCUT2D eigenvalue weighted by Gasteiger charge is 2.41. The average Bonchev–Trinajstić information content (AvgIpc) is 2.17. The minimum absolute atomic E-state index is 0.156. The second kappa shape index (κ2) is 4.85. The molecule has 0 saturated heterocycles. The average molecular weight is 336 g/mol. The van der Waals surface area contributed by atoms with Gasteiger partial charge >= 0.3 is 0 Å². The number of methoxy groups -OCH3 is 1. The molecular weight excluding hydrogens is 324 g/mol. The molecular formula is C11H12Br2O2.